The minimum Gasteiger partial charge on any atom is -0.488 e. The number of benzene rings is 2. The number of primary amides is 1. The van der Waals surface area contributed by atoms with Crippen molar-refractivity contribution in [1.29, 1.82) is 5.26 Å². The monoisotopic (exact) mass is 493 g/mol. The molecule has 0 atom stereocenters. The Bertz CT molecular complexity index is 1370. The molecule has 0 saturated carbocycles. The summed E-state index contributed by atoms with van der Waals surface area (Å²) in [6.45, 7) is 1.45. The van der Waals surface area contributed by atoms with Crippen LogP contribution in [-0.2, 0) is 16.1 Å². The molecule has 0 aliphatic heterocycles. The number of carbonyl (C=O) groups is 3. The number of ether oxygens (including phenoxy) is 2. The normalized spacial score (nSPS) is 10.9. The molecule has 3 aromatic rings. The third kappa shape index (κ3) is 5.72. The van der Waals surface area contributed by atoms with Gasteiger partial charge in [-0.05, 0) is 30.7 Å². The summed E-state index contributed by atoms with van der Waals surface area (Å²) in [6, 6.07) is 14.6. The Balaban J connectivity index is 1.89. The molecule has 0 aliphatic rings. The number of carbonyl (C=O) groups excluding carboxylic acids is 3. The lowest BCUT2D eigenvalue weighted by Gasteiger charge is -2.10. The maximum absolute atomic E-state index is 13.9. The molecule has 35 heavy (non-hydrogen) atoms. The molecule has 1 aromatic heterocycles. The number of hydrogen-bond acceptors (Lipinski definition) is 7. The molecular weight excluding hydrogens is 473 g/mol. The van der Waals surface area contributed by atoms with E-state index in [-0.39, 0.29) is 33.2 Å². The van der Waals surface area contributed by atoms with Crippen molar-refractivity contribution in [2.24, 2.45) is 5.73 Å². The molecule has 0 unspecified atom stereocenters. The summed E-state index contributed by atoms with van der Waals surface area (Å²) in [6.07, 6.45) is 1.30. The van der Waals surface area contributed by atoms with Crippen molar-refractivity contribution in [1.82, 2.24) is 0 Å². The van der Waals surface area contributed by atoms with Crippen LogP contribution in [0.4, 0.5) is 9.39 Å². The molecule has 0 aliphatic carbocycles. The second-order valence-corrected chi connectivity index (χ2v) is 8.18. The number of nitrogens with zero attached hydrogens (tertiary/aromatic N) is 1. The standard InChI is InChI=1S/C25H20FN3O5S/c1-14-20(25(32)33-2)24(35-21(14)22(28)30)29-23(31)17(12-27)11-15-7-4-6-10-19(15)34-13-16-8-3-5-9-18(16)26/h3-11H,13H2,1-2H3,(H2,28,30)(H,29,31). The topological polar surface area (TPSA) is 132 Å². The average molecular weight is 494 g/mol. The highest BCUT2D eigenvalue weighted by atomic mass is 32.1. The fraction of sp³-hybridized carbons (Fsp3) is 0.120. The van der Waals surface area contributed by atoms with Crippen molar-refractivity contribution in [3.8, 4) is 11.8 Å². The van der Waals surface area contributed by atoms with E-state index < -0.39 is 23.6 Å². The Morgan fingerprint density at radius 2 is 1.86 bits per heavy atom. The van der Waals surface area contributed by atoms with Gasteiger partial charge in [0.1, 0.15) is 34.8 Å². The van der Waals surface area contributed by atoms with E-state index in [4.69, 9.17) is 15.2 Å². The number of nitrogens with two attached hydrogens (primary N) is 1. The smallest absolute Gasteiger partial charge is 0.341 e. The predicted molar refractivity (Wildman–Crippen MR) is 128 cm³/mol. The van der Waals surface area contributed by atoms with Crippen LogP contribution in [0.5, 0.6) is 5.75 Å². The molecule has 1 heterocycles. The van der Waals surface area contributed by atoms with Crippen molar-refractivity contribution in [2.75, 3.05) is 12.4 Å². The number of hydrogen-bond donors (Lipinski definition) is 2. The van der Waals surface area contributed by atoms with Gasteiger partial charge >= 0.3 is 5.97 Å². The van der Waals surface area contributed by atoms with Gasteiger partial charge in [-0.3, -0.25) is 9.59 Å². The highest BCUT2D eigenvalue weighted by Crippen LogP contribution is 2.34. The molecule has 178 valence electrons. The van der Waals surface area contributed by atoms with Crippen molar-refractivity contribution in [3.63, 3.8) is 0 Å². The van der Waals surface area contributed by atoms with E-state index in [1.54, 1.807) is 42.5 Å². The van der Waals surface area contributed by atoms with Crippen molar-refractivity contribution in [3.05, 3.63) is 87.1 Å². The molecule has 2 aromatic carbocycles. The van der Waals surface area contributed by atoms with E-state index in [1.807, 2.05) is 6.07 Å². The summed E-state index contributed by atoms with van der Waals surface area (Å²) in [4.78, 5) is 36.9. The van der Waals surface area contributed by atoms with E-state index in [2.05, 4.69) is 5.32 Å². The van der Waals surface area contributed by atoms with Crippen LogP contribution >= 0.6 is 11.3 Å². The molecule has 8 nitrogen and oxygen atoms in total. The van der Waals surface area contributed by atoms with Gasteiger partial charge in [-0.1, -0.05) is 36.4 Å². The first-order valence-electron chi connectivity index (χ1n) is 10.2. The van der Waals surface area contributed by atoms with E-state index in [9.17, 15) is 24.0 Å². The lowest BCUT2D eigenvalue weighted by molar-refractivity contribution is -0.112. The molecule has 3 rings (SSSR count). The summed E-state index contributed by atoms with van der Waals surface area (Å²) >= 11 is 0.807. The molecule has 3 N–H and O–H groups in total. The summed E-state index contributed by atoms with van der Waals surface area (Å²) < 4.78 is 24.4. The average Bonchev–Trinajstić information content (AvgIpc) is 3.17. The lowest BCUT2D eigenvalue weighted by Crippen LogP contribution is -2.15. The number of methoxy groups -OCH3 is 1. The Morgan fingerprint density at radius 3 is 2.51 bits per heavy atom. The van der Waals surface area contributed by atoms with Crippen LogP contribution in [0.1, 0.15) is 36.7 Å². The van der Waals surface area contributed by atoms with Crippen LogP contribution in [0.2, 0.25) is 0 Å². The van der Waals surface area contributed by atoms with Gasteiger partial charge in [-0.2, -0.15) is 5.26 Å². The number of rotatable bonds is 8. The second kappa shape index (κ2) is 11.1. The molecule has 0 spiro atoms. The highest BCUT2D eigenvalue weighted by molar-refractivity contribution is 7.18. The first-order chi connectivity index (χ1) is 16.8. The largest absolute Gasteiger partial charge is 0.488 e. The lowest BCUT2D eigenvalue weighted by atomic mass is 10.1. The molecule has 2 amide bonds. The minimum absolute atomic E-state index is 0.0226. The molecule has 0 fully saturated rings. The first-order valence-corrected chi connectivity index (χ1v) is 11.0. The highest BCUT2D eigenvalue weighted by Gasteiger charge is 2.26. The SMILES string of the molecule is COC(=O)c1c(NC(=O)C(C#N)=Cc2ccccc2OCc2ccccc2F)sc(C(N)=O)c1C. The summed E-state index contributed by atoms with van der Waals surface area (Å²) in [5, 5.41) is 12.1. The minimum atomic E-state index is -0.821. The second-order valence-electron chi connectivity index (χ2n) is 7.16. The van der Waals surface area contributed by atoms with Gasteiger partial charge in [0.25, 0.3) is 11.8 Å². The number of amides is 2. The maximum Gasteiger partial charge on any atom is 0.341 e. The van der Waals surface area contributed by atoms with Gasteiger partial charge in [0.2, 0.25) is 0 Å². The van der Waals surface area contributed by atoms with Crippen LogP contribution < -0.4 is 15.8 Å². The van der Waals surface area contributed by atoms with Crippen molar-refractivity contribution >= 4 is 40.2 Å². The fourth-order valence-electron chi connectivity index (χ4n) is 3.16. The Labute approximate surface area is 204 Å². The van der Waals surface area contributed by atoms with Crippen LogP contribution in [0.15, 0.2) is 54.1 Å². The number of para-hydroxylation sites is 1. The van der Waals surface area contributed by atoms with Crippen LogP contribution in [0.25, 0.3) is 6.08 Å². The Kier molecular flexibility index (Phi) is 7.96. The van der Waals surface area contributed by atoms with Gasteiger partial charge in [0.05, 0.1) is 17.6 Å². The fourth-order valence-corrected chi connectivity index (χ4v) is 4.20. The van der Waals surface area contributed by atoms with E-state index in [1.165, 1.54) is 19.1 Å². The summed E-state index contributed by atoms with van der Waals surface area (Å²) in [7, 11) is 1.16. The van der Waals surface area contributed by atoms with Gasteiger partial charge in [-0.15, -0.1) is 11.3 Å². The number of halogens is 1. The molecule has 10 heteroatoms. The first kappa shape index (κ1) is 25.1. The van der Waals surface area contributed by atoms with Gasteiger partial charge in [0.15, 0.2) is 0 Å². The third-order valence-electron chi connectivity index (χ3n) is 4.91. The molecule has 0 saturated heterocycles. The number of nitriles is 1. The number of esters is 1. The van der Waals surface area contributed by atoms with Crippen LogP contribution in [0.3, 0.4) is 0 Å². The van der Waals surface area contributed by atoms with Crippen molar-refractivity contribution < 1.29 is 28.2 Å². The van der Waals surface area contributed by atoms with Crippen LogP contribution in [0, 0.1) is 24.1 Å². The zero-order valence-electron chi connectivity index (χ0n) is 18.8. The summed E-state index contributed by atoms with van der Waals surface area (Å²) in [5.41, 5.74) is 6.05. The zero-order valence-corrected chi connectivity index (χ0v) is 19.6. The molecular formula is C25H20FN3O5S. The van der Waals surface area contributed by atoms with Crippen molar-refractivity contribution in [2.45, 2.75) is 13.5 Å². The third-order valence-corrected chi connectivity index (χ3v) is 6.13. The van der Waals surface area contributed by atoms with Gasteiger partial charge in [0, 0.05) is 11.1 Å². The number of thiophene rings is 1. The van der Waals surface area contributed by atoms with E-state index >= 15 is 0 Å². The Morgan fingerprint density at radius 1 is 1.17 bits per heavy atom. The quantitative estimate of drug-likeness (QED) is 0.275. The number of nitrogens with one attached hydrogen (secondary N) is 1. The van der Waals surface area contributed by atoms with E-state index in [0.717, 1.165) is 18.4 Å². The molecule has 0 bridgehead atoms. The van der Waals surface area contributed by atoms with Gasteiger partial charge < -0.3 is 20.5 Å². The predicted octanol–water partition coefficient (Wildman–Crippen LogP) is 4.21. The Hall–Kier alpha value is -4.49. The maximum atomic E-state index is 13.9. The number of anilines is 1. The van der Waals surface area contributed by atoms with E-state index in [0.29, 0.717) is 16.9 Å². The zero-order chi connectivity index (χ0) is 25.5. The van der Waals surface area contributed by atoms with Crippen LogP contribution in [-0.4, -0.2) is 24.9 Å². The molecule has 0 radical (unpaired) electrons. The summed E-state index contributed by atoms with van der Waals surface area (Å²) in [5.74, 6) is -2.44. The van der Waals surface area contributed by atoms with Gasteiger partial charge in [-0.25, -0.2) is 9.18 Å².